The SMILES string of the molecule is CNC(CCOC)Cc1ccoc1. The summed E-state index contributed by atoms with van der Waals surface area (Å²) in [5.74, 6) is 0. The van der Waals surface area contributed by atoms with Gasteiger partial charge in [0.2, 0.25) is 0 Å². The molecule has 0 amide bonds. The van der Waals surface area contributed by atoms with E-state index in [1.54, 1.807) is 19.6 Å². The van der Waals surface area contributed by atoms with Crippen molar-refractivity contribution in [2.45, 2.75) is 18.9 Å². The Morgan fingerprint density at radius 2 is 2.46 bits per heavy atom. The summed E-state index contributed by atoms with van der Waals surface area (Å²) in [6, 6.07) is 2.47. The molecule has 1 aromatic heterocycles. The predicted octanol–water partition coefficient (Wildman–Crippen LogP) is 1.45. The minimum atomic E-state index is 0.470. The van der Waals surface area contributed by atoms with Gasteiger partial charge in [-0.05, 0) is 31.5 Å². The lowest BCUT2D eigenvalue weighted by Crippen LogP contribution is -2.28. The first-order chi connectivity index (χ1) is 6.36. The molecule has 13 heavy (non-hydrogen) atoms. The molecule has 0 aliphatic carbocycles. The van der Waals surface area contributed by atoms with Crippen LogP contribution in [0.15, 0.2) is 23.0 Å². The third-order valence-electron chi connectivity index (χ3n) is 2.14. The van der Waals surface area contributed by atoms with E-state index in [1.807, 2.05) is 13.1 Å². The van der Waals surface area contributed by atoms with E-state index in [9.17, 15) is 0 Å². The molecule has 1 atom stereocenters. The Bertz CT molecular complexity index is 209. The Labute approximate surface area is 79.1 Å². The molecule has 0 aliphatic heterocycles. The van der Waals surface area contributed by atoms with Crippen molar-refractivity contribution >= 4 is 0 Å². The third kappa shape index (κ3) is 3.61. The fraction of sp³-hybridized carbons (Fsp3) is 0.600. The van der Waals surface area contributed by atoms with Crippen LogP contribution in [0.5, 0.6) is 0 Å². The highest BCUT2D eigenvalue weighted by Crippen LogP contribution is 2.06. The molecule has 1 heterocycles. The van der Waals surface area contributed by atoms with Crippen LogP contribution < -0.4 is 5.32 Å². The molecule has 0 bridgehead atoms. The van der Waals surface area contributed by atoms with Crippen LogP contribution in [0.2, 0.25) is 0 Å². The first-order valence-corrected chi connectivity index (χ1v) is 4.54. The average Bonchev–Trinajstić information content (AvgIpc) is 2.64. The molecule has 0 saturated carbocycles. The molecular weight excluding hydrogens is 166 g/mol. The third-order valence-corrected chi connectivity index (χ3v) is 2.14. The molecule has 74 valence electrons. The van der Waals surface area contributed by atoms with Gasteiger partial charge in [-0.3, -0.25) is 0 Å². The summed E-state index contributed by atoms with van der Waals surface area (Å²) in [5.41, 5.74) is 1.23. The van der Waals surface area contributed by atoms with Gasteiger partial charge in [-0.15, -0.1) is 0 Å². The largest absolute Gasteiger partial charge is 0.472 e. The van der Waals surface area contributed by atoms with Crippen LogP contribution in [0.1, 0.15) is 12.0 Å². The Morgan fingerprint density at radius 1 is 1.62 bits per heavy atom. The molecule has 1 rings (SSSR count). The van der Waals surface area contributed by atoms with Crippen LogP contribution in [0, 0.1) is 0 Å². The van der Waals surface area contributed by atoms with E-state index in [1.165, 1.54) is 5.56 Å². The molecule has 0 aromatic carbocycles. The fourth-order valence-electron chi connectivity index (χ4n) is 1.30. The van der Waals surface area contributed by atoms with Crippen molar-refractivity contribution in [2.75, 3.05) is 20.8 Å². The normalized spacial score (nSPS) is 13.1. The zero-order valence-corrected chi connectivity index (χ0v) is 8.25. The van der Waals surface area contributed by atoms with Gasteiger partial charge in [0, 0.05) is 19.8 Å². The van der Waals surface area contributed by atoms with E-state index in [0.29, 0.717) is 6.04 Å². The van der Waals surface area contributed by atoms with Crippen LogP contribution in [0.4, 0.5) is 0 Å². The van der Waals surface area contributed by atoms with Crippen LogP contribution in [-0.4, -0.2) is 26.8 Å². The molecule has 3 nitrogen and oxygen atoms in total. The molecule has 0 spiro atoms. The molecule has 0 saturated heterocycles. The van der Waals surface area contributed by atoms with E-state index in [0.717, 1.165) is 19.4 Å². The quantitative estimate of drug-likeness (QED) is 0.724. The monoisotopic (exact) mass is 183 g/mol. The van der Waals surface area contributed by atoms with Crippen molar-refractivity contribution in [3.63, 3.8) is 0 Å². The Balaban J connectivity index is 2.31. The van der Waals surface area contributed by atoms with Gasteiger partial charge in [-0.25, -0.2) is 0 Å². The second-order valence-corrected chi connectivity index (χ2v) is 3.10. The minimum absolute atomic E-state index is 0.470. The molecule has 1 unspecified atom stereocenters. The lowest BCUT2D eigenvalue weighted by molar-refractivity contribution is 0.184. The molecule has 0 radical (unpaired) electrons. The maximum absolute atomic E-state index is 5.03. The van der Waals surface area contributed by atoms with Crippen LogP contribution in [-0.2, 0) is 11.2 Å². The van der Waals surface area contributed by atoms with Gasteiger partial charge >= 0.3 is 0 Å². The summed E-state index contributed by atoms with van der Waals surface area (Å²) in [6.07, 6.45) is 5.52. The van der Waals surface area contributed by atoms with E-state index < -0.39 is 0 Å². The molecule has 0 fully saturated rings. The van der Waals surface area contributed by atoms with Crippen molar-refractivity contribution in [1.82, 2.24) is 5.32 Å². The lowest BCUT2D eigenvalue weighted by atomic mass is 10.1. The zero-order valence-electron chi connectivity index (χ0n) is 8.25. The first-order valence-electron chi connectivity index (χ1n) is 4.54. The predicted molar refractivity (Wildman–Crippen MR) is 51.8 cm³/mol. The lowest BCUT2D eigenvalue weighted by Gasteiger charge is -2.14. The van der Waals surface area contributed by atoms with Crippen LogP contribution >= 0.6 is 0 Å². The zero-order chi connectivity index (χ0) is 9.52. The highest BCUT2D eigenvalue weighted by molar-refractivity contribution is 5.07. The summed E-state index contributed by atoms with van der Waals surface area (Å²) >= 11 is 0. The van der Waals surface area contributed by atoms with Crippen molar-refractivity contribution in [2.24, 2.45) is 0 Å². The number of rotatable bonds is 6. The van der Waals surface area contributed by atoms with Gasteiger partial charge in [0.25, 0.3) is 0 Å². The maximum Gasteiger partial charge on any atom is 0.0935 e. The number of nitrogens with one attached hydrogen (secondary N) is 1. The topological polar surface area (TPSA) is 34.4 Å². The minimum Gasteiger partial charge on any atom is -0.472 e. The molecule has 1 N–H and O–H groups in total. The highest BCUT2D eigenvalue weighted by Gasteiger charge is 2.07. The van der Waals surface area contributed by atoms with Crippen molar-refractivity contribution in [1.29, 1.82) is 0 Å². The highest BCUT2D eigenvalue weighted by atomic mass is 16.5. The molecule has 3 heteroatoms. The number of methoxy groups -OCH3 is 1. The van der Waals surface area contributed by atoms with Crippen LogP contribution in [0.25, 0.3) is 0 Å². The Kier molecular flexibility index (Phi) is 4.57. The summed E-state index contributed by atoms with van der Waals surface area (Å²) in [7, 11) is 3.70. The van der Waals surface area contributed by atoms with Gasteiger partial charge in [0.15, 0.2) is 0 Å². The van der Waals surface area contributed by atoms with E-state index in [-0.39, 0.29) is 0 Å². The van der Waals surface area contributed by atoms with Gasteiger partial charge in [0.1, 0.15) is 0 Å². The van der Waals surface area contributed by atoms with Crippen molar-refractivity contribution in [3.05, 3.63) is 24.2 Å². The van der Waals surface area contributed by atoms with Gasteiger partial charge in [-0.2, -0.15) is 0 Å². The number of likely N-dealkylation sites (N-methyl/N-ethyl adjacent to an activating group) is 1. The number of hydrogen-bond donors (Lipinski definition) is 1. The standard InChI is InChI=1S/C10H17NO2/c1-11-10(4-5-12-2)7-9-3-6-13-8-9/h3,6,8,10-11H,4-5,7H2,1-2H3. The van der Waals surface area contributed by atoms with E-state index >= 15 is 0 Å². The average molecular weight is 183 g/mol. The summed E-state index contributed by atoms with van der Waals surface area (Å²) in [4.78, 5) is 0. The first kappa shape index (κ1) is 10.3. The van der Waals surface area contributed by atoms with E-state index in [2.05, 4.69) is 5.32 Å². The van der Waals surface area contributed by atoms with E-state index in [4.69, 9.17) is 9.15 Å². The summed E-state index contributed by atoms with van der Waals surface area (Å²) in [6.45, 7) is 0.795. The fourth-order valence-corrected chi connectivity index (χ4v) is 1.30. The molecule has 0 aliphatic rings. The van der Waals surface area contributed by atoms with Gasteiger partial charge in [-0.1, -0.05) is 0 Å². The maximum atomic E-state index is 5.03. The Morgan fingerprint density at radius 3 is 3.00 bits per heavy atom. The number of ether oxygens (including phenoxy) is 1. The molecular formula is C10H17NO2. The number of furan rings is 1. The van der Waals surface area contributed by atoms with Gasteiger partial charge in [0.05, 0.1) is 12.5 Å². The second kappa shape index (κ2) is 5.78. The van der Waals surface area contributed by atoms with Gasteiger partial charge < -0.3 is 14.5 Å². The number of hydrogen-bond acceptors (Lipinski definition) is 3. The summed E-state index contributed by atoms with van der Waals surface area (Å²) in [5, 5.41) is 3.25. The second-order valence-electron chi connectivity index (χ2n) is 3.10. The van der Waals surface area contributed by atoms with Crippen molar-refractivity contribution in [3.8, 4) is 0 Å². The Hall–Kier alpha value is -0.800. The summed E-state index contributed by atoms with van der Waals surface area (Å²) < 4.78 is 10.0. The smallest absolute Gasteiger partial charge is 0.0935 e. The van der Waals surface area contributed by atoms with Crippen molar-refractivity contribution < 1.29 is 9.15 Å². The molecule has 1 aromatic rings. The van der Waals surface area contributed by atoms with Crippen LogP contribution in [0.3, 0.4) is 0 Å².